The Labute approximate surface area is 105 Å². The topological polar surface area (TPSA) is 60.9 Å². The van der Waals surface area contributed by atoms with E-state index in [1.54, 1.807) is 6.92 Å². The molecule has 0 atom stereocenters. The highest BCUT2D eigenvalue weighted by Crippen LogP contribution is 2.17. The highest BCUT2D eigenvalue weighted by Gasteiger charge is 2.12. The maximum atomic E-state index is 12.1. The van der Waals surface area contributed by atoms with Crippen LogP contribution < -0.4 is 11.3 Å². The normalized spacial score (nSPS) is 10.0. The van der Waals surface area contributed by atoms with Crippen LogP contribution in [-0.4, -0.2) is 9.55 Å². The SMILES string of the molecule is C#CCn1c(-c2ccccc2)nc(N)c(C)c1=O. The minimum Gasteiger partial charge on any atom is -0.383 e. The number of benzene rings is 1. The molecule has 0 bridgehead atoms. The fraction of sp³-hybridized carbons (Fsp3) is 0.143. The molecular formula is C14H13N3O. The van der Waals surface area contributed by atoms with Crippen LogP contribution in [0, 0.1) is 19.3 Å². The number of anilines is 1. The van der Waals surface area contributed by atoms with Crippen LogP contribution in [0.1, 0.15) is 5.56 Å². The minimum atomic E-state index is -0.195. The lowest BCUT2D eigenvalue weighted by atomic mass is 10.2. The second-order valence-electron chi connectivity index (χ2n) is 3.91. The van der Waals surface area contributed by atoms with Crippen molar-refractivity contribution in [2.45, 2.75) is 13.5 Å². The van der Waals surface area contributed by atoms with Gasteiger partial charge < -0.3 is 5.73 Å². The molecule has 1 heterocycles. The van der Waals surface area contributed by atoms with Crippen molar-refractivity contribution in [3.05, 3.63) is 46.2 Å². The Balaban J connectivity index is 2.75. The fourth-order valence-electron chi connectivity index (χ4n) is 1.71. The van der Waals surface area contributed by atoms with E-state index in [0.29, 0.717) is 11.4 Å². The Hall–Kier alpha value is -2.54. The summed E-state index contributed by atoms with van der Waals surface area (Å²) >= 11 is 0. The van der Waals surface area contributed by atoms with Gasteiger partial charge in [0.05, 0.1) is 12.1 Å². The van der Waals surface area contributed by atoms with E-state index in [0.717, 1.165) is 5.56 Å². The molecule has 90 valence electrons. The molecule has 1 aromatic carbocycles. The van der Waals surface area contributed by atoms with E-state index in [1.165, 1.54) is 4.57 Å². The van der Waals surface area contributed by atoms with Crippen molar-refractivity contribution in [3.63, 3.8) is 0 Å². The van der Waals surface area contributed by atoms with Crippen molar-refractivity contribution in [1.29, 1.82) is 0 Å². The van der Waals surface area contributed by atoms with Gasteiger partial charge in [0.25, 0.3) is 5.56 Å². The molecule has 2 N–H and O–H groups in total. The molecule has 0 radical (unpaired) electrons. The van der Waals surface area contributed by atoms with Crippen molar-refractivity contribution in [1.82, 2.24) is 9.55 Å². The summed E-state index contributed by atoms with van der Waals surface area (Å²) in [6.45, 7) is 1.82. The first-order valence-corrected chi connectivity index (χ1v) is 5.51. The summed E-state index contributed by atoms with van der Waals surface area (Å²) < 4.78 is 1.46. The average Bonchev–Trinajstić information content (AvgIpc) is 2.40. The van der Waals surface area contributed by atoms with Gasteiger partial charge in [-0.05, 0) is 6.92 Å². The molecule has 0 unspecified atom stereocenters. The molecule has 2 rings (SSSR count). The molecule has 0 aliphatic heterocycles. The summed E-state index contributed by atoms with van der Waals surface area (Å²) in [5.74, 6) is 3.21. The predicted octanol–water partition coefficient (Wildman–Crippen LogP) is 1.43. The monoisotopic (exact) mass is 239 g/mol. The van der Waals surface area contributed by atoms with Gasteiger partial charge in [-0.1, -0.05) is 36.3 Å². The molecule has 0 saturated carbocycles. The van der Waals surface area contributed by atoms with Crippen LogP contribution in [0.15, 0.2) is 35.1 Å². The van der Waals surface area contributed by atoms with E-state index in [-0.39, 0.29) is 17.9 Å². The zero-order valence-electron chi connectivity index (χ0n) is 10.1. The first-order valence-electron chi connectivity index (χ1n) is 5.51. The number of nitrogen functional groups attached to an aromatic ring is 1. The Morgan fingerprint density at radius 1 is 1.39 bits per heavy atom. The van der Waals surface area contributed by atoms with Crippen LogP contribution >= 0.6 is 0 Å². The van der Waals surface area contributed by atoms with Crippen molar-refractivity contribution >= 4 is 5.82 Å². The zero-order chi connectivity index (χ0) is 13.1. The summed E-state index contributed by atoms with van der Waals surface area (Å²) in [6, 6.07) is 9.37. The van der Waals surface area contributed by atoms with Crippen LogP contribution in [0.5, 0.6) is 0 Å². The second-order valence-corrected chi connectivity index (χ2v) is 3.91. The number of aromatic nitrogens is 2. The molecule has 0 spiro atoms. The molecule has 0 saturated heterocycles. The third-order valence-corrected chi connectivity index (χ3v) is 2.71. The van der Waals surface area contributed by atoms with Crippen molar-refractivity contribution in [2.75, 3.05) is 5.73 Å². The third-order valence-electron chi connectivity index (χ3n) is 2.71. The lowest BCUT2D eigenvalue weighted by Gasteiger charge is -2.12. The van der Waals surface area contributed by atoms with E-state index in [9.17, 15) is 4.79 Å². The summed E-state index contributed by atoms with van der Waals surface area (Å²) in [4.78, 5) is 16.4. The van der Waals surface area contributed by atoms with Crippen LogP contribution in [0.2, 0.25) is 0 Å². The largest absolute Gasteiger partial charge is 0.383 e. The first-order chi connectivity index (χ1) is 8.65. The Bertz CT molecular complexity index is 666. The second kappa shape index (κ2) is 4.76. The van der Waals surface area contributed by atoms with Crippen LogP contribution in [0.25, 0.3) is 11.4 Å². The number of nitrogens with two attached hydrogens (primary N) is 1. The summed E-state index contributed by atoms with van der Waals surface area (Å²) in [5, 5.41) is 0. The third kappa shape index (κ3) is 1.98. The van der Waals surface area contributed by atoms with E-state index in [1.807, 2.05) is 30.3 Å². The van der Waals surface area contributed by atoms with Gasteiger partial charge in [-0.15, -0.1) is 6.42 Å². The molecule has 4 nitrogen and oxygen atoms in total. The Kier molecular flexibility index (Phi) is 3.16. The molecule has 0 aliphatic carbocycles. The number of nitrogens with zero attached hydrogens (tertiary/aromatic N) is 2. The molecule has 0 fully saturated rings. The van der Waals surface area contributed by atoms with Gasteiger partial charge in [-0.3, -0.25) is 9.36 Å². The zero-order valence-corrected chi connectivity index (χ0v) is 10.1. The number of hydrogen-bond donors (Lipinski definition) is 1. The van der Waals surface area contributed by atoms with E-state index < -0.39 is 0 Å². The number of rotatable bonds is 2. The van der Waals surface area contributed by atoms with Crippen LogP contribution in [-0.2, 0) is 6.54 Å². The van der Waals surface area contributed by atoms with E-state index >= 15 is 0 Å². The smallest absolute Gasteiger partial charge is 0.259 e. The maximum absolute atomic E-state index is 12.1. The van der Waals surface area contributed by atoms with Gasteiger partial charge >= 0.3 is 0 Å². The van der Waals surface area contributed by atoms with Crippen LogP contribution in [0.4, 0.5) is 5.82 Å². The van der Waals surface area contributed by atoms with E-state index in [4.69, 9.17) is 12.2 Å². The fourth-order valence-corrected chi connectivity index (χ4v) is 1.71. The quantitative estimate of drug-likeness (QED) is 0.806. The van der Waals surface area contributed by atoms with Crippen molar-refractivity contribution in [2.24, 2.45) is 0 Å². The summed E-state index contributed by atoms with van der Waals surface area (Å²) in [7, 11) is 0. The molecule has 18 heavy (non-hydrogen) atoms. The molecule has 2 aromatic rings. The Morgan fingerprint density at radius 3 is 2.67 bits per heavy atom. The van der Waals surface area contributed by atoms with Crippen molar-refractivity contribution in [3.8, 4) is 23.7 Å². The minimum absolute atomic E-state index is 0.178. The number of hydrogen-bond acceptors (Lipinski definition) is 3. The van der Waals surface area contributed by atoms with Crippen molar-refractivity contribution < 1.29 is 0 Å². The summed E-state index contributed by atoms with van der Waals surface area (Å²) in [6.07, 6.45) is 5.30. The molecular weight excluding hydrogens is 226 g/mol. The van der Waals surface area contributed by atoms with Gasteiger partial charge in [0.2, 0.25) is 0 Å². The summed E-state index contributed by atoms with van der Waals surface area (Å²) in [5.41, 5.74) is 6.79. The van der Waals surface area contributed by atoms with Gasteiger partial charge in [-0.2, -0.15) is 0 Å². The lowest BCUT2D eigenvalue weighted by Crippen LogP contribution is -2.26. The van der Waals surface area contributed by atoms with Gasteiger partial charge in [0.1, 0.15) is 11.6 Å². The predicted molar refractivity (Wildman–Crippen MR) is 71.9 cm³/mol. The van der Waals surface area contributed by atoms with E-state index in [2.05, 4.69) is 10.9 Å². The molecule has 4 heteroatoms. The number of terminal acetylenes is 1. The highest BCUT2D eigenvalue weighted by atomic mass is 16.1. The molecule has 0 aliphatic rings. The standard InChI is InChI=1S/C14H13N3O/c1-3-9-17-13(11-7-5-4-6-8-11)16-12(15)10(2)14(17)18/h1,4-8H,9,15H2,2H3. The lowest BCUT2D eigenvalue weighted by molar-refractivity contribution is 0.774. The van der Waals surface area contributed by atoms with Gasteiger partial charge in [0.15, 0.2) is 0 Å². The van der Waals surface area contributed by atoms with Gasteiger partial charge in [-0.25, -0.2) is 4.98 Å². The maximum Gasteiger partial charge on any atom is 0.259 e. The first kappa shape index (κ1) is 11.9. The van der Waals surface area contributed by atoms with Gasteiger partial charge in [0, 0.05) is 5.56 Å². The van der Waals surface area contributed by atoms with Crippen LogP contribution in [0.3, 0.4) is 0 Å². The molecule has 0 amide bonds. The average molecular weight is 239 g/mol. The molecule has 1 aromatic heterocycles. The Morgan fingerprint density at radius 2 is 2.06 bits per heavy atom. The highest BCUT2D eigenvalue weighted by molar-refractivity contribution is 5.58.